The molecule has 1 unspecified atom stereocenters. The first kappa shape index (κ1) is 14.7. The van der Waals surface area contributed by atoms with Crippen LogP contribution in [-0.4, -0.2) is 31.2 Å². The highest BCUT2D eigenvalue weighted by molar-refractivity contribution is 9.10. The third-order valence-electron chi connectivity index (χ3n) is 3.08. The molecule has 1 aliphatic rings. The van der Waals surface area contributed by atoms with Gasteiger partial charge in [-0.1, -0.05) is 0 Å². The Morgan fingerprint density at radius 2 is 2.21 bits per heavy atom. The lowest BCUT2D eigenvalue weighted by Gasteiger charge is -2.16. The molecule has 19 heavy (non-hydrogen) atoms. The second-order valence-corrected chi connectivity index (χ2v) is 7.97. The highest BCUT2D eigenvalue weighted by Crippen LogP contribution is 2.20. The van der Waals surface area contributed by atoms with Gasteiger partial charge in [0.25, 0.3) is 0 Å². The van der Waals surface area contributed by atoms with E-state index in [0.717, 1.165) is 22.9 Å². The number of hydrogen-bond acceptors (Lipinski definition) is 4. The van der Waals surface area contributed by atoms with Crippen LogP contribution in [0.2, 0.25) is 0 Å². The van der Waals surface area contributed by atoms with Gasteiger partial charge >= 0.3 is 0 Å². The normalized spacial score (nSPS) is 17.2. The van der Waals surface area contributed by atoms with Gasteiger partial charge in [-0.05, 0) is 54.2 Å². The van der Waals surface area contributed by atoms with Crippen LogP contribution in [0.15, 0.2) is 16.7 Å². The van der Waals surface area contributed by atoms with Crippen molar-refractivity contribution in [1.82, 2.24) is 10.3 Å². The fraction of sp³-hybridized carbons (Fsp3) is 0.583. The SMILES string of the molecule is Cc1cc(Br)cnc1NS(=O)(=O)C(C)CNC1CC1. The molecule has 2 rings (SSSR count). The molecule has 1 aromatic rings. The Bertz CT molecular complexity index is 558. The predicted molar refractivity (Wildman–Crippen MR) is 79.7 cm³/mol. The van der Waals surface area contributed by atoms with E-state index in [-0.39, 0.29) is 0 Å². The smallest absolute Gasteiger partial charge is 0.237 e. The summed E-state index contributed by atoms with van der Waals surface area (Å²) in [6, 6.07) is 2.34. The summed E-state index contributed by atoms with van der Waals surface area (Å²) in [4.78, 5) is 4.10. The molecule has 1 saturated carbocycles. The summed E-state index contributed by atoms with van der Waals surface area (Å²) in [6.07, 6.45) is 3.87. The van der Waals surface area contributed by atoms with Crippen molar-refractivity contribution in [2.75, 3.05) is 11.3 Å². The van der Waals surface area contributed by atoms with Crippen LogP contribution in [0.25, 0.3) is 0 Å². The van der Waals surface area contributed by atoms with Crippen molar-refractivity contribution in [3.63, 3.8) is 0 Å². The van der Waals surface area contributed by atoms with Crippen LogP contribution >= 0.6 is 15.9 Å². The van der Waals surface area contributed by atoms with Gasteiger partial charge in [-0.2, -0.15) is 0 Å². The highest BCUT2D eigenvalue weighted by atomic mass is 79.9. The van der Waals surface area contributed by atoms with E-state index in [1.807, 2.05) is 13.0 Å². The molecule has 0 bridgehead atoms. The fourth-order valence-electron chi connectivity index (χ4n) is 1.61. The Kier molecular flexibility index (Phi) is 4.47. The van der Waals surface area contributed by atoms with Crippen molar-refractivity contribution < 1.29 is 8.42 Å². The van der Waals surface area contributed by atoms with Crippen LogP contribution in [0.4, 0.5) is 5.82 Å². The fourth-order valence-corrected chi connectivity index (χ4v) is 3.06. The number of aromatic nitrogens is 1. The van der Waals surface area contributed by atoms with Gasteiger partial charge in [-0.15, -0.1) is 0 Å². The van der Waals surface area contributed by atoms with Crippen molar-refractivity contribution >= 4 is 31.8 Å². The molecule has 7 heteroatoms. The molecule has 0 aromatic carbocycles. The maximum Gasteiger partial charge on any atom is 0.237 e. The molecule has 2 N–H and O–H groups in total. The average Bonchev–Trinajstić information content (AvgIpc) is 3.13. The second-order valence-electron chi connectivity index (χ2n) is 4.96. The zero-order valence-electron chi connectivity index (χ0n) is 11.0. The van der Waals surface area contributed by atoms with Crippen LogP contribution in [0.1, 0.15) is 25.3 Å². The van der Waals surface area contributed by atoms with Gasteiger partial charge in [-0.3, -0.25) is 4.72 Å². The van der Waals surface area contributed by atoms with Crippen molar-refractivity contribution in [3.8, 4) is 0 Å². The zero-order chi connectivity index (χ0) is 14.0. The van der Waals surface area contributed by atoms with E-state index in [9.17, 15) is 8.42 Å². The first-order valence-electron chi connectivity index (χ1n) is 6.25. The molecule has 1 fully saturated rings. The molecular weight excluding hydrogens is 330 g/mol. The maximum atomic E-state index is 12.2. The van der Waals surface area contributed by atoms with E-state index < -0.39 is 15.3 Å². The Morgan fingerprint density at radius 3 is 2.79 bits per heavy atom. The standard InChI is InChI=1S/C12H18BrN3O2S/c1-8-5-10(13)7-15-12(8)16-19(17,18)9(2)6-14-11-3-4-11/h5,7,9,11,14H,3-4,6H2,1-2H3,(H,15,16). The van der Waals surface area contributed by atoms with Crippen LogP contribution in [-0.2, 0) is 10.0 Å². The summed E-state index contributed by atoms with van der Waals surface area (Å²) >= 11 is 3.30. The van der Waals surface area contributed by atoms with E-state index in [0.29, 0.717) is 18.4 Å². The van der Waals surface area contributed by atoms with Crippen molar-refractivity contribution in [2.24, 2.45) is 0 Å². The summed E-state index contributed by atoms with van der Waals surface area (Å²) in [6.45, 7) is 3.99. The Balaban J connectivity index is 2.02. The minimum Gasteiger partial charge on any atom is -0.313 e. The predicted octanol–water partition coefficient (Wildman–Crippen LogP) is 2.03. The minimum absolute atomic E-state index is 0.390. The second kappa shape index (κ2) is 5.76. The molecule has 0 radical (unpaired) electrons. The third kappa shape index (κ3) is 4.15. The highest BCUT2D eigenvalue weighted by Gasteiger charge is 2.26. The number of rotatable bonds is 6. The summed E-state index contributed by atoms with van der Waals surface area (Å²) in [5.74, 6) is 0.390. The quantitative estimate of drug-likeness (QED) is 0.825. The molecule has 0 spiro atoms. The Morgan fingerprint density at radius 1 is 1.53 bits per heavy atom. The van der Waals surface area contributed by atoms with Crippen molar-refractivity contribution in [3.05, 3.63) is 22.3 Å². The number of nitrogens with zero attached hydrogens (tertiary/aromatic N) is 1. The minimum atomic E-state index is -3.41. The van der Waals surface area contributed by atoms with Gasteiger partial charge in [0.1, 0.15) is 5.82 Å². The number of halogens is 1. The molecular formula is C12H18BrN3O2S. The van der Waals surface area contributed by atoms with Crippen LogP contribution in [0.5, 0.6) is 0 Å². The lowest BCUT2D eigenvalue weighted by atomic mass is 10.3. The number of sulfonamides is 1. The third-order valence-corrected chi connectivity index (χ3v) is 5.22. The van der Waals surface area contributed by atoms with E-state index in [4.69, 9.17) is 0 Å². The lowest BCUT2D eigenvalue weighted by molar-refractivity contribution is 0.576. The van der Waals surface area contributed by atoms with Crippen LogP contribution in [0, 0.1) is 6.92 Å². The molecule has 0 aliphatic heterocycles. The number of pyridine rings is 1. The number of hydrogen-bond donors (Lipinski definition) is 2. The summed E-state index contributed by atoms with van der Waals surface area (Å²) in [5.41, 5.74) is 0.792. The summed E-state index contributed by atoms with van der Waals surface area (Å²) in [5, 5.41) is 2.74. The topological polar surface area (TPSA) is 71.1 Å². The van der Waals surface area contributed by atoms with Gasteiger partial charge in [0.15, 0.2) is 0 Å². The average molecular weight is 348 g/mol. The van der Waals surface area contributed by atoms with E-state index in [2.05, 4.69) is 31.0 Å². The van der Waals surface area contributed by atoms with E-state index in [1.165, 1.54) is 0 Å². The number of nitrogens with one attached hydrogen (secondary N) is 2. The maximum absolute atomic E-state index is 12.2. The molecule has 1 aromatic heterocycles. The lowest BCUT2D eigenvalue weighted by Crippen LogP contribution is -2.36. The van der Waals surface area contributed by atoms with E-state index in [1.54, 1.807) is 13.1 Å². The molecule has 5 nitrogen and oxygen atoms in total. The Labute approximate surface area is 122 Å². The molecule has 1 atom stereocenters. The van der Waals surface area contributed by atoms with Gasteiger partial charge < -0.3 is 5.32 Å². The van der Waals surface area contributed by atoms with Gasteiger partial charge in [0.2, 0.25) is 10.0 Å². The number of anilines is 1. The molecule has 0 amide bonds. The first-order valence-corrected chi connectivity index (χ1v) is 8.59. The number of aryl methyl sites for hydroxylation is 1. The zero-order valence-corrected chi connectivity index (χ0v) is 13.4. The Hall–Kier alpha value is -0.660. The van der Waals surface area contributed by atoms with E-state index >= 15 is 0 Å². The van der Waals surface area contributed by atoms with Gasteiger partial charge in [0, 0.05) is 23.3 Å². The first-order chi connectivity index (χ1) is 8.88. The molecule has 1 heterocycles. The van der Waals surface area contributed by atoms with Crippen LogP contribution in [0.3, 0.4) is 0 Å². The van der Waals surface area contributed by atoms with Gasteiger partial charge in [-0.25, -0.2) is 13.4 Å². The monoisotopic (exact) mass is 347 g/mol. The molecule has 0 saturated heterocycles. The molecule has 106 valence electrons. The van der Waals surface area contributed by atoms with Crippen molar-refractivity contribution in [2.45, 2.75) is 38.0 Å². The summed E-state index contributed by atoms with van der Waals surface area (Å²) < 4.78 is 27.7. The summed E-state index contributed by atoms with van der Waals surface area (Å²) in [7, 11) is -3.41. The molecule has 1 aliphatic carbocycles. The van der Waals surface area contributed by atoms with Crippen LogP contribution < -0.4 is 10.0 Å². The van der Waals surface area contributed by atoms with Crippen molar-refractivity contribution in [1.29, 1.82) is 0 Å². The van der Waals surface area contributed by atoms with Gasteiger partial charge in [0.05, 0.1) is 5.25 Å². The largest absolute Gasteiger partial charge is 0.313 e.